The van der Waals surface area contributed by atoms with E-state index in [-0.39, 0.29) is 16.4 Å². The van der Waals surface area contributed by atoms with Crippen molar-refractivity contribution >= 4 is 34.1 Å². The number of phenols is 1. The summed E-state index contributed by atoms with van der Waals surface area (Å²) >= 11 is 8.26. The van der Waals surface area contributed by atoms with Gasteiger partial charge in [-0.1, -0.05) is 24.6 Å². The maximum atomic E-state index is 9.93. The number of thioether (sulfide) groups is 1. The highest BCUT2D eigenvalue weighted by molar-refractivity contribution is 8.02. The van der Waals surface area contributed by atoms with Crippen LogP contribution in [0.1, 0.15) is 30.1 Å². The molecule has 5 rings (SSSR count). The molecule has 2 aliphatic heterocycles. The van der Waals surface area contributed by atoms with E-state index in [4.69, 9.17) is 21.1 Å². The molecule has 0 spiro atoms. The highest BCUT2D eigenvalue weighted by Crippen LogP contribution is 2.48. The summed E-state index contributed by atoms with van der Waals surface area (Å²) in [6, 6.07) is 17.2. The predicted molar refractivity (Wildman–Crippen MR) is 137 cm³/mol. The minimum atomic E-state index is -0.0948. The minimum absolute atomic E-state index is 0.0808. The van der Waals surface area contributed by atoms with Gasteiger partial charge in [0, 0.05) is 17.5 Å². The zero-order valence-electron chi connectivity index (χ0n) is 18.5. The van der Waals surface area contributed by atoms with E-state index in [0.717, 1.165) is 40.1 Å². The fraction of sp³-hybridized carbons (Fsp3) is 0.333. The lowest BCUT2D eigenvalue weighted by Crippen LogP contribution is -2.33. The van der Waals surface area contributed by atoms with Crippen molar-refractivity contribution in [2.24, 2.45) is 0 Å². The van der Waals surface area contributed by atoms with Gasteiger partial charge in [-0.25, -0.2) is 0 Å². The van der Waals surface area contributed by atoms with Crippen molar-refractivity contribution in [2.75, 3.05) is 26.2 Å². The van der Waals surface area contributed by atoms with Crippen LogP contribution in [0.15, 0.2) is 66.1 Å². The Bertz CT molecular complexity index is 1130. The van der Waals surface area contributed by atoms with Crippen molar-refractivity contribution in [1.29, 1.82) is 0 Å². The number of hydrogen-bond acceptors (Lipinski definition) is 5. The first-order chi connectivity index (χ1) is 16.2. The molecule has 1 saturated heterocycles. The lowest BCUT2D eigenvalue weighted by Gasteiger charge is -2.26. The highest BCUT2D eigenvalue weighted by Gasteiger charge is 2.27. The molecule has 3 aromatic carbocycles. The Morgan fingerprint density at radius 1 is 0.970 bits per heavy atom. The number of hydrogen-bond donors (Lipinski definition) is 1. The third-order valence-corrected chi connectivity index (χ3v) is 7.94. The average Bonchev–Trinajstić information content (AvgIpc) is 3.26. The molecule has 3 aromatic rings. The Hall–Kier alpha value is -2.34. The maximum Gasteiger partial charge on any atom is 0.139 e. The summed E-state index contributed by atoms with van der Waals surface area (Å²) in [6.45, 7) is 4.02. The highest BCUT2D eigenvalue weighted by atomic mass is 35.5. The Kier molecular flexibility index (Phi) is 7.00. The fourth-order valence-corrected chi connectivity index (χ4v) is 5.94. The number of phenolic OH excluding ortho intramolecular Hbond substituents is 1. The molecule has 33 heavy (non-hydrogen) atoms. The summed E-state index contributed by atoms with van der Waals surface area (Å²) in [5.41, 5.74) is 1.05. The first-order valence-electron chi connectivity index (χ1n) is 11.5. The Morgan fingerprint density at radius 3 is 2.52 bits per heavy atom. The summed E-state index contributed by atoms with van der Waals surface area (Å²) in [5.74, 6) is 2.60. The summed E-state index contributed by atoms with van der Waals surface area (Å²) in [5, 5.41) is 13.8. The maximum absolute atomic E-state index is 9.93. The van der Waals surface area contributed by atoms with Crippen LogP contribution in [0.3, 0.4) is 0 Å². The van der Waals surface area contributed by atoms with E-state index in [9.17, 15) is 5.11 Å². The van der Waals surface area contributed by atoms with Crippen LogP contribution in [0, 0.1) is 0 Å². The number of aromatic hydroxyl groups is 1. The number of nitrogens with zero attached hydrogens (tertiary/aromatic N) is 1. The fourth-order valence-electron chi connectivity index (χ4n) is 4.47. The molecule has 172 valence electrons. The van der Waals surface area contributed by atoms with E-state index in [0.29, 0.717) is 6.61 Å². The van der Waals surface area contributed by atoms with Crippen LogP contribution >= 0.6 is 23.4 Å². The molecule has 2 atom stereocenters. The molecule has 6 heteroatoms. The zero-order chi connectivity index (χ0) is 22.6. The van der Waals surface area contributed by atoms with Gasteiger partial charge in [0.05, 0.1) is 10.6 Å². The number of piperidine rings is 1. The van der Waals surface area contributed by atoms with Gasteiger partial charge in [0.25, 0.3) is 0 Å². The van der Waals surface area contributed by atoms with Gasteiger partial charge in [0.1, 0.15) is 29.6 Å². The summed E-state index contributed by atoms with van der Waals surface area (Å²) < 4.78 is 12.4. The lowest BCUT2D eigenvalue weighted by atomic mass is 10.0. The Morgan fingerprint density at radius 2 is 1.76 bits per heavy atom. The number of likely N-dealkylation sites (tertiary alicyclic amines) is 1. The molecule has 0 saturated carbocycles. The standard InChI is InChI=1S/C27H28ClNO3S/c28-25-12-17-33-27(25)24-10-4-19-18-20(30)5-11-23(19)26(24)32-22-8-6-21(7-9-22)31-16-15-29-13-2-1-3-14-29/h4-12,17-18,25,27,30H,1-3,13-16H2. The molecule has 0 bridgehead atoms. The van der Waals surface area contributed by atoms with E-state index in [2.05, 4.69) is 11.0 Å². The number of ether oxygens (including phenoxy) is 2. The second-order valence-electron chi connectivity index (χ2n) is 8.54. The van der Waals surface area contributed by atoms with E-state index in [1.165, 1.54) is 32.4 Å². The van der Waals surface area contributed by atoms with Gasteiger partial charge < -0.3 is 14.6 Å². The molecule has 0 aliphatic carbocycles. The first-order valence-corrected chi connectivity index (χ1v) is 12.9. The molecular formula is C27H28ClNO3S. The molecule has 2 aliphatic rings. The lowest BCUT2D eigenvalue weighted by molar-refractivity contribution is 0.183. The molecule has 2 unspecified atom stereocenters. The van der Waals surface area contributed by atoms with Crippen molar-refractivity contribution in [3.05, 3.63) is 71.6 Å². The van der Waals surface area contributed by atoms with Crippen LogP contribution in [0.25, 0.3) is 10.8 Å². The molecule has 1 N–H and O–H groups in total. The van der Waals surface area contributed by atoms with Gasteiger partial charge in [0.15, 0.2) is 0 Å². The summed E-state index contributed by atoms with van der Waals surface area (Å²) in [6.07, 6.45) is 5.95. The smallest absolute Gasteiger partial charge is 0.139 e. The molecule has 0 amide bonds. The van der Waals surface area contributed by atoms with Gasteiger partial charge in [-0.3, -0.25) is 4.90 Å². The Labute approximate surface area is 204 Å². The normalized spacial score (nSPS) is 20.9. The predicted octanol–water partition coefficient (Wildman–Crippen LogP) is 7.11. The molecule has 2 heterocycles. The minimum Gasteiger partial charge on any atom is -0.508 e. The average molecular weight is 482 g/mol. The van der Waals surface area contributed by atoms with E-state index < -0.39 is 0 Å². The number of fused-ring (bicyclic) bond motifs is 1. The van der Waals surface area contributed by atoms with Crippen molar-refractivity contribution in [1.82, 2.24) is 4.90 Å². The van der Waals surface area contributed by atoms with Gasteiger partial charge >= 0.3 is 0 Å². The monoisotopic (exact) mass is 481 g/mol. The van der Waals surface area contributed by atoms with E-state index in [1.807, 2.05) is 47.9 Å². The second kappa shape index (κ2) is 10.3. The third kappa shape index (κ3) is 5.26. The van der Waals surface area contributed by atoms with Gasteiger partial charge in [-0.2, -0.15) is 0 Å². The van der Waals surface area contributed by atoms with Crippen LogP contribution in [0.2, 0.25) is 0 Å². The van der Waals surface area contributed by atoms with Crippen LogP contribution in [0.5, 0.6) is 23.0 Å². The van der Waals surface area contributed by atoms with Crippen LogP contribution in [-0.4, -0.2) is 41.6 Å². The topological polar surface area (TPSA) is 41.9 Å². The number of alkyl halides is 1. The number of benzene rings is 3. The quantitative estimate of drug-likeness (QED) is 0.364. The molecule has 0 radical (unpaired) electrons. The van der Waals surface area contributed by atoms with E-state index in [1.54, 1.807) is 23.9 Å². The summed E-state index contributed by atoms with van der Waals surface area (Å²) in [4.78, 5) is 2.47. The van der Waals surface area contributed by atoms with Crippen molar-refractivity contribution in [3.63, 3.8) is 0 Å². The van der Waals surface area contributed by atoms with E-state index >= 15 is 0 Å². The SMILES string of the molecule is Oc1ccc2c(Oc3ccc(OCCN4CCCCC4)cc3)c(C3SC=CC3Cl)ccc2c1. The van der Waals surface area contributed by atoms with Gasteiger partial charge in [0.2, 0.25) is 0 Å². The third-order valence-electron chi connectivity index (χ3n) is 6.24. The van der Waals surface area contributed by atoms with Crippen molar-refractivity contribution < 1.29 is 14.6 Å². The van der Waals surface area contributed by atoms with Crippen LogP contribution in [-0.2, 0) is 0 Å². The van der Waals surface area contributed by atoms with Crippen molar-refractivity contribution in [2.45, 2.75) is 29.9 Å². The molecule has 4 nitrogen and oxygen atoms in total. The second-order valence-corrected chi connectivity index (χ2v) is 10.1. The van der Waals surface area contributed by atoms with Gasteiger partial charge in [-0.15, -0.1) is 23.4 Å². The zero-order valence-corrected chi connectivity index (χ0v) is 20.0. The first kappa shape index (κ1) is 22.5. The summed E-state index contributed by atoms with van der Waals surface area (Å²) in [7, 11) is 0. The molecular weight excluding hydrogens is 454 g/mol. The van der Waals surface area contributed by atoms with Crippen LogP contribution < -0.4 is 9.47 Å². The number of halogens is 1. The van der Waals surface area contributed by atoms with Crippen molar-refractivity contribution in [3.8, 4) is 23.0 Å². The van der Waals surface area contributed by atoms with Gasteiger partial charge in [-0.05, 0) is 79.2 Å². The molecule has 1 fully saturated rings. The number of allylic oxidation sites excluding steroid dienone is 1. The largest absolute Gasteiger partial charge is 0.508 e. The van der Waals surface area contributed by atoms with Crippen LogP contribution in [0.4, 0.5) is 0 Å². The number of rotatable bonds is 7. The Balaban J connectivity index is 1.33. The molecule has 0 aromatic heterocycles.